The summed E-state index contributed by atoms with van der Waals surface area (Å²) >= 11 is 0. The monoisotopic (exact) mass is 345 g/mol. The van der Waals surface area contributed by atoms with Gasteiger partial charge in [0.25, 0.3) is 5.91 Å². The number of carbonyl (C=O) groups excluding carboxylic acids is 2. The second kappa shape index (κ2) is 7.65. The summed E-state index contributed by atoms with van der Waals surface area (Å²) in [6, 6.07) is 12.7. The van der Waals surface area contributed by atoms with Gasteiger partial charge in [-0.1, -0.05) is 24.3 Å². The van der Waals surface area contributed by atoms with Crippen LogP contribution in [0.5, 0.6) is 11.5 Å². The fourth-order valence-electron chi connectivity index (χ4n) is 2.22. The van der Waals surface area contributed by atoms with Crippen LogP contribution in [0, 0.1) is 5.82 Å². The Morgan fingerprint density at radius 1 is 1.12 bits per heavy atom. The molecule has 2 aromatic rings. The fourth-order valence-corrected chi connectivity index (χ4v) is 2.22. The Morgan fingerprint density at radius 2 is 1.84 bits per heavy atom. The Balaban J connectivity index is 1.43. The third-order valence-corrected chi connectivity index (χ3v) is 3.52. The Hall–Kier alpha value is -3.09. The molecular formula is C18H16FNO5. The lowest BCUT2D eigenvalue weighted by Gasteiger charge is -2.24. The number of hydrogen-bond donors (Lipinski definition) is 1. The molecule has 25 heavy (non-hydrogen) atoms. The third-order valence-electron chi connectivity index (χ3n) is 3.52. The summed E-state index contributed by atoms with van der Waals surface area (Å²) in [4.78, 5) is 23.7. The predicted octanol–water partition coefficient (Wildman–Crippen LogP) is 1.83. The van der Waals surface area contributed by atoms with E-state index < -0.39 is 24.6 Å². The minimum atomic E-state index is -0.917. The van der Waals surface area contributed by atoms with E-state index in [9.17, 15) is 14.0 Å². The summed E-state index contributed by atoms with van der Waals surface area (Å²) in [7, 11) is 0. The van der Waals surface area contributed by atoms with Crippen molar-refractivity contribution < 1.29 is 28.2 Å². The van der Waals surface area contributed by atoms with Gasteiger partial charge in [0.05, 0.1) is 0 Å². The standard InChI is InChI=1S/C18H16FNO5/c19-13-7-5-12(6-8-13)9-20-17(21)11-24-18(22)16-10-23-14-3-1-2-4-15(14)25-16/h1-8,16H,9-11H2,(H,20,21). The summed E-state index contributed by atoms with van der Waals surface area (Å²) in [5, 5.41) is 2.58. The molecule has 2 aromatic carbocycles. The third kappa shape index (κ3) is 4.47. The molecule has 0 saturated carbocycles. The molecule has 0 aliphatic carbocycles. The molecule has 0 bridgehead atoms. The molecule has 1 aliphatic rings. The molecule has 0 spiro atoms. The number of amides is 1. The molecule has 1 heterocycles. The van der Waals surface area contributed by atoms with Gasteiger partial charge in [-0.05, 0) is 29.8 Å². The van der Waals surface area contributed by atoms with Gasteiger partial charge in [-0.3, -0.25) is 4.79 Å². The zero-order chi connectivity index (χ0) is 17.6. The van der Waals surface area contributed by atoms with Crippen molar-refractivity contribution in [2.24, 2.45) is 0 Å². The van der Waals surface area contributed by atoms with Crippen LogP contribution in [0.1, 0.15) is 5.56 Å². The highest BCUT2D eigenvalue weighted by Gasteiger charge is 2.29. The first-order valence-electron chi connectivity index (χ1n) is 7.68. The first-order chi connectivity index (χ1) is 12.1. The molecule has 6 nitrogen and oxygen atoms in total. The molecule has 1 N–H and O–H groups in total. The molecular weight excluding hydrogens is 329 g/mol. The number of esters is 1. The normalized spacial score (nSPS) is 15.3. The second-order valence-corrected chi connectivity index (χ2v) is 5.38. The van der Waals surface area contributed by atoms with Crippen molar-refractivity contribution in [3.05, 3.63) is 59.9 Å². The van der Waals surface area contributed by atoms with Crippen molar-refractivity contribution >= 4 is 11.9 Å². The van der Waals surface area contributed by atoms with Gasteiger partial charge in [-0.2, -0.15) is 0 Å². The van der Waals surface area contributed by atoms with Crippen molar-refractivity contribution in [3.63, 3.8) is 0 Å². The zero-order valence-corrected chi connectivity index (χ0v) is 13.2. The number of ether oxygens (including phenoxy) is 3. The van der Waals surface area contributed by atoms with E-state index in [4.69, 9.17) is 14.2 Å². The Morgan fingerprint density at radius 3 is 2.60 bits per heavy atom. The molecule has 1 amide bonds. The quantitative estimate of drug-likeness (QED) is 0.837. The molecule has 0 saturated heterocycles. The van der Waals surface area contributed by atoms with Gasteiger partial charge in [-0.15, -0.1) is 0 Å². The van der Waals surface area contributed by atoms with Crippen LogP contribution in [0.3, 0.4) is 0 Å². The van der Waals surface area contributed by atoms with Crippen LogP contribution in [0.2, 0.25) is 0 Å². The van der Waals surface area contributed by atoms with Crippen LogP contribution in [0.25, 0.3) is 0 Å². The number of fused-ring (bicyclic) bond motifs is 1. The first-order valence-corrected chi connectivity index (χ1v) is 7.68. The SMILES string of the molecule is O=C(COC(=O)C1COc2ccccc2O1)NCc1ccc(F)cc1. The van der Waals surface area contributed by atoms with E-state index in [1.165, 1.54) is 12.1 Å². The number of hydrogen-bond acceptors (Lipinski definition) is 5. The second-order valence-electron chi connectivity index (χ2n) is 5.38. The van der Waals surface area contributed by atoms with E-state index in [-0.39, 0.29) is 19.0 Å². The Labute approximate surface area is 143 Å². The minimum Gasteiger partial charge on any atom is -0.485 e. The smallest absolute Gasteiger partial charge is 0.351 e. The highest BCUT2D eigenvalue weighted by Crippen LogP contribution is 2.31. The number of rotatable bonds is 5. The van der Waals surface area contributed by atoms with E-state index in [1.807, 2.05) is 0 Å². The van der Waals surface area contributed by atoms with E-state index in [2.05, 4.69) is 5.32 Å². The Kier molecular flexibility index (Phi) is 5.13. The van der Waals surface area contributed by atoms with Gasteiger partial charge in [0.1, 0.15) is 12.4 Å². The highest BCUT2D eigenvalue weighted by molar-refractivity contribution is 5.82. The predicted molar refractivity (Wildman–Crippen MR) is 85.6 cm³/mol. The lowest BCUT2D eigenvalue weighted by Crippen LogP contribution is -2.39. The molecule has 3 rings (SSSR count). The largest absolute Gasteiger partial charge is 0.485 e. The average Bonchev–Trinajstić information content (AvgIpc) is 2.65. The van der Waals surface area contributed by atoms with Crippen LogP contribution in [0.4, 0.5) is 4.39 Å². The zero-order valence-electron chi connectivity index (χ0n) is 13.2. The molecule has 1 atom stereocenters. The summed E-state index contributed by atoms with van der Waals surface area (Å²) in [6.07, 6.45) is -0.917. The van der Waals surface area contributed by atoms with Gasteiger partial charge in [0.2, 0.25) is 6.10 Å². The van der Waals surface area contributed by atoms with Crippen molar-refractivity contribution in [2.75, 3.05) is 13.2 Å². The molecule has 1 unspecified atom stereocenters. The molecule has 0 fully saturated rings. The number of nitrogens with one attached hydrogen (secondary N) is 1. The van der Waals surface area contributed by atoms with E-state index in [0.717, 1.165) is 5.56 Å². The number of para-hydroxylation sites is 2. The summed E-state index contributed by atoms with van der Waals surface area (Å²) in [5.74, 6) is -0.471. The average molecular weight is 345 g/mol. The van der Waals surface area contributed by atoms with E-state index in [0.29, 0.717) is 11.5 Å². The fraction of sp³-hybridized carbons (Fsp3) is 0.222. The van der Waals surface area contributed by atoms with Gasteiger partial charge >= 0.3 is 5.97 Å². The van der Waals surface area contributed by atoms with Crippen molar-refractivity contribution in [1.82, 2.24) is 5.32 Å². The highest BCUT2D eigenvalue weighted by atomic mass is 19.1. The number of benzene rings is 2. The number of halogens is 1. The molecule has 0 aromatic heterocycles. The molecule has 0 radical (unpaired) electrons. The van der Waals surface area contributed by atoms with Crippen LogP contribution in [-0.4, -0.2) is 31.2 Å². The maximum atomic E-state index is 12.8. The first kappa shape index (κ1) is 16.8. The van der Waals surface area contributed by atoms with Gasteiger partial charge < -0.3 is 19.5 Å². The van der Waals surface area contributed by atoms with Crippen LogP contribution in [-0.2, 0) is 20.9 Å². The minimum absolute atomic E-state index is 0.0209. The van der Waals surface area contributed by atoms with E-state index >= 15 is 0 Å². The lowest BCUT2D eigenvalue weighted by molar-refractivity contribution is -0.157. The van der Waals surface area contributed by atoms with E-state index in [1.54, 1.807) is 36.4 Å². The van der Waals surface area contributed by atoms with Crippen molar-refractivity contribution in [1.29, 1.82) is 0 Å². The topological polar surface area (TPSA) is 73.9 Å². The molecule has 7 heteroatoms. The molecule has 1 aliphatic heterocycles. The Bertz CT molecular complexity index is 762. The van der Waals surface area contributed by atoms with Gasteiger partial charge in [-0.25, -0.2) is 9.18 Å². The molecule has 130 valence electrons. The van der Waals surface area contributed by atoms with Gasteiger partial charge in [0.15, 0.2) is 18.1 Å². The van der Waals surface area contributed by atoms with Crippen LogP contribution < -0.4 is 14.8 Å². The summed E-state index contributed by atoms with van der Waals surface area (Å²) in [6.45, 7) is -0.193. The maximum Gasteiger partial charge on any atom is 0.351 e. The van der Waals surface area contributed by atoms with Crippen molar-refractivity contribution in [2.45, 2.75) is 12.6 Å². The summed E-state index contributed by atoms with van der Waals surface area (Å²) < 4.78 is 28.7. The maximum absolute atomic E-state index is 12.8. The lowest BCUT2D eigenvalue weighted by atomic mass is 10.2. The van der Waals surface area contributed by atoms with Crippen LogP contribution in [0.15, 0.2) is 48.5 Å². The summed E-state index contributed by atoms with van der Waals surface area (Å²) in [5.41, 5.74) is 0.738. The van der Waals surface area contributed by atoms with Crippen LogP contribution >= 0.6 is 0 Å². The van der Waals surface area contributed by atoms with Crippen molar-refractivity contribution in [3.8, 4) is 11.5 Å². The van der Waals surface area contributed by atoms with Gasteiger partial charge in [0, 0.05) is 6.54 Å². The number of carbonyl (C=O) groups is 2.